The predicted octanol–water partition coefficient (Wildman–Crippen LogP) is 3.73. The third kappa shape index (κ3) is 3.30. The zero-order valence-electron chi connectivity index (χ0n) is 10.8. The van der Waals surface area contributed by atoms with E-state index in [0.717, 1.165) is 11.3 Å². The molecule has 104 valence electrons. The molecule has 5 heteroatoms. The maximum absolute atomic E-state index is 11.2. The monoisotopic (exact) mass is 336 g/mol. The fourth-order valence-electron chi connectivity index (χ4n) is 1.74. The highest BCUT2D eigenvalue weighted by atomic mass is 79.9. The van der Waals surface area contributed by atoms with Crippen LogP contribution in [0.5, 0.6) is 11.5 Å². The minimum absolute atomic E-state index is 0.127. The molecule has 0 heterocycles. The van der Waals surface area contributed by atoms with E-state index in [0.29, 0.717) is 10.2 Å². The summed E-state index contributed by atoms with van der Waals surface area (Å²) >= 11 is 3.30. The Morgan fingerprint density at radius 3 is 2.70 bits per heavy atom. The van der Waals surface area contributed by atoms with Crippen LogP contribution in [0.1, 0.15) is 15.9 Å². The Morgan fingerprint density at radius 2 is 2.00 bits per heavy atom. The van der Waals surface area contributed by atoms with Gasteiger partial charge in [0.05, 0.1) is 11.6 Å². The number of carbonyl (C=O) groups is 1. The first-order chi connectivity index (χ1) is 9.61. The number of ether oxygens (including phenoxy) is 2. The zero-order valence-corrected chi connectivity index (χ0v) is 12.4. The summed E-state index contributed by atoms with van der Waals surface area (Å²) in [4.78, 5) is 11.2. The summed E-state index contributed by atoms with van der Waals surface area (Å²) in [5.74, 6) is 0.0337. The third-order valence-corrected chi connectivity index (χ3v) is 3.34. The molecule has 0 unspecified atom stereocenters. The van der Waals surface area contributed by atoms with Crippen molar-refractivity contribution in [2.45, 2.75) is 6.61 Å². The second-order valence-electron chi connectivity index (χ2n) is 4.06. The summed E-state index contributed by atoms with van der Waals surface area (Å²) in [6, 6.07) is 12.3. The average molecular weight is 337 g/mol. The summed E-state index contributed by atoms with van der Waals surface area (Å²) in [6.07, 6.45) is 0. The van der Waals surface area contributed by atoms with Crippen molar-refractivity contribution < 1.29 is 19.4 Å². The highest BCUT2D eigenvalue weighted by Gasteiger charge is 2.14. The van der Waals surface area contributed by atoms with Crippen LogP contribution in [0.25, 0.3) is 0 Å². The maximum Gasteiger partial charge on any atom is 0.339 e. The second-order valence-corrected chi connectivity index (χ2v) is 4.92. The number of hydrogen-bond donors (Lipinski definition) is 1. The van der Waals surface area contributed by atoms with E-state index in [1.165, 1.54) is 6.07 Å². The van der Waals surface area contributed by atoms with E-state index < -0.39 is 5.97 Å². The molecule has 20 heavy (non-hydrogen) atoms. The van der Waals surface area contributed by atoms with Crippen molar-refractivity contribution in [1.29, 1.82) is 0 Å². The minimum atomic E-state index is -1.02. The van der Waals surface area contributed by atoms with Gasteiger partial charge in [-0.2, -0.15) is 0 Å². The fourth-order valence-corrected chi connectivity index (χ4v) is 2.22. The Bertz CT molecular complexity index is 625. The molecule has 0 radical (unpaired) electrons. The van der Waals surface area contributed by atoms with Crippen molar-refractivity contribution in [2.75, 3.05) is 7.11 Å². The molecule has 0 amide bonds. The standard InChI is InChI=1S/C15H13BrO4/c1-19-11-5-2-4-10(8-11)9-20-14-12(15(17)18)6-3-7-13(14)16/h2-8H,9H2,1H3,(H,17,18). The van der Waals surface area contributed by atoms with Gasteiger partial charge in [-0.05, 0) is 45.8 Å². The van der Waals surface area contributed by atoms with Crippen LogP contribution < -0.4 is 9.47 Å². The lowest BCUT2D eigenvalue weighted by molar-refractivity contribution is 0.0691. The van der Waals surface area contributed by atoms with E-state index in [4.69, 9.17) is 14.6 Å². The van der Waals surface area contributed by atoms with Crippen LogP contribution >= 0.6 is 15.9 Å². The molecule has 0 spiro atoms. The highest BCUT2D eigenvalue weighted by Crippen LogP contribution is 2.30. The van der Waals surface area contributed by atoms with Gasteiger partial charge in [-0.3, -0.25) is 0 Å². The smallest absolute Gasteiger partial charge is 0.339 e. The molecule has 0 aliphatic heterocycles. The van der Waals surface area contributed by atoms with Crippen LogP contribution in [0.3, 0.4) is 0 Å². The molecule has 2 rings (SSSR count). The van der Waals surface area contributed by atoms with Crippen molar-refractivity contribution >= 4 is 21.9 Å². The fraction of sp³-hybridized carbons (Fsp3) is 0.133. The second kappa shape index (κ2) is 6.43. The van der Waals surface area contributed by atoms with Crippen LogP contribution in [0.15, 0.2) is 46.9 Å². The van der Waals surface area contributed by atoms with E-state index in [9.17, 15) is 4.79 Å². The lowest BCUT2D eigenvalue weighted by atomic mass is 10.2. The van der Waals surface area contributed by atoms with Crippen LogP contribution in [0, 0.1) is 0 Å². The van der Waals surface area contributed by atoms with Crippen LogP contribution in [0.4, 0.5) is 0 Å². The largest absolute Gasteiger partial charge is 0.497 e. The number of para-hydroxylation sites is 1. The van der Waals surface area contributed by atoms with Gasteiger partial charge in [0.2, 0.25) is 0 Å². The number of methoxy groups -OCH3 is 1. The SMILES string of the molecule is COc1cccc(COc2c(Br)cccc2C(=O)O)c1. The molecule has 0 fully saturated rings. The summed E-state index contributed by atoms with van der Waals surface area (Å²) in [5.41, 5.74) is 1.03. The van der Waals surface area contributed by atoms with Gasteiger partial charge in [0.15, 0.2) is 0 Å². The molecule has 2 aromatic carbocycles. The Labute approximate surface area is 125 Å². The number of benzene rings is 2. The highest BCUT2D eigenvalue weighted by molar-refractivity contribution is 9.10. The van der Waals surface area contributed by atoms with Gasteiger partial charge in [0, 0.05) is 0 Å². The predicted molar refractivity (Wildman–Crippen MR) is 78.4 cm³/mol. The molecule has 0 atom stereocenters. The molecule has 0 aliphatic carbocycles. The number of aromatic carboxylic acids is 1. The Hall–Kier alpha value is -2.01. The molecule has 2 aromatic rings. The van der Waals surface area contributed by atoms with Gasteiger partial charge in [0.25, 0.3) is 0 Å². The van der Waals surface area contributed by atoms with Crippen LogP contribution in [-0.2, 0) is 6.61 Å². The van der Waals surface area contributed by atoms with Crippen molar-refractivity contribution in [3.05, 3.63) is 58.1 Å². The third-order valence-electron chi connectivity index (χ3n) is 2.71. The van der Waals surface area contributed by atoms with Gasteiger partial charge in [-0.25, -0.2) is 4.79 Å². The number of hydrogen-bond acceptors (Lipinski definition) is 3. The molecular weight excluding hydrogens is 324 g/mol. The molecule has 1 N–H and O–H groups in total. The minimum Gasteiger partial charge on any atom is -0.497 e. The summed E-state index contributed by atoms with van der Waals surface area (Å²) < 4.78 is 11.4. The quantitative estimate of drug-likeness (QED) is 0.903. The number of rotatable bonds is 5. The molecule has 0 saturated heterocycles. The molecule has 4 nitrogen and oxygen atoms in total. The summed E-state index contributed by atoms with van der Waals surface area (Å²) in [7, 11) is 1.59. The summed E-state index contributed by atoms with van der Waals surface area (Å²) in [5, 5.41) is 9.15. The molecule has 0 bridgehead atoms. The van der Waals surface area contributed by atoms with Crippen LogP contribution in [-0.4, -0.2) is 18.2 Å². The summed E-state index contributed by atoms with van der Waals surface area (Å²) in [6.45, 7) is 0.264. The van der Waals surface area contributed by atoms with Crippen molar-refractivity contribution in [1.82, 2.24) is 0 Å². The Morgan fingerprint density at radius 1 is 1.25 bits per heavy atom. The van der Waals surface area contributed by atoms with E-state index in [2.05, 4.69) is 15.9 Å². The molecule has 0 saturated carbocycles. The van der Waals surface area contributed by atoms with Crippen molar-refractivity contribution in [2.24, 2.45) is 0 Å². The van der Waals surface area contributed by atoms with E-state index in [1.807, 2.05) is 24.3 Å². The van der Waals surface area contributed by atoms with Crippen molar-refractivity contribution in [3.63, 3.8) is 0 Å². The molecular formula is C15H13BrO4. The van der Waals surface area contributed by atoms with E-state index in [-0.39, 0.29) is 12.2 Å². The maximum atomic E-state index is 11.2. The average Bonchev–Trinajstić information content (AvgIpc) is 2.45. The normalized spacial score (nSPS) is 10.1. The Kier molecular flexibility index (Phi) is 4.63. The topological polar surface area (TPSA) is 55.8 Å². The van der Waals surface area contributed by atoms with E-state index >= 15 is 0 Å². The first-order valence-electron chi connectivity index (χ1n) is 5.89. The van der Waals surface area contributed by atoms with Gasteiger partial charge >= 0.3 is 5.97 Å². The van der Waals surface area contributed by atoms with Gasteiger partial charge < -0.3 is 14.6 Å². The molecule has 0 aliphatic rings. The zero-order chi connectivity index (χ0) is 14.5. The number of halogens is 1. The van der Waals surface area contributed by atoms with Crippen molar-refractivity contribution in [3.8, 4) is 11.5 Å². The molecule has 0 aromatic heterocycles. The van der Waals surface area contributed by atoms with Gasteiger partial charge in [0.1, 0.15) is 23.7 Å². The number of carboxylic acids is 1. The number of carboxylic acid groups (broad SMARTS) is 1. The first-order valence-corrected chi connectivity index (χ1v) is 6.68. The van der Waals surface area contributed by atoms with Crippen LogP contribution in [0.2, 0.25) is 0 Å². The van der Waals surface area contributed by atoms with Gasteiger partial charge in [-0.1, -0.05) is 18.2 Å². The lowest BCUT2D eigenvalue weighted by Crippen LogP contribution is -2.04. The first kappa shape index (κ1) is 14.4. The van der Waals surface area contributed by atoms with E-state index in [1.54, 1.807) is 19.2 Å². The lowest BCUT2D eigenvalue weighted by Gasteiger charge is -2.11. The van der Waals surface area contributed by atoms with Gasteiger partial charge in [-0.15, -0.1) is 0 Å². The Balaban J connectivity index is 2.20.